The minimum Gasteiger partial charge on any atom is -0.756 e. The van der Waals surface area contributed by atoms with Crippen molar-refractivity contribution in [2.45, 2.75) is 315 Å². The second-order valence-electron chi connectivity index (χ2n) is 22.1. The maximum Gasteiger partial charge on any atom is 0.268 e. The maximum absolute atomic E-state index is 13.0. The number of nitrogens with one attached hydrogen (secondary N) is 1. The molecule has 0 heterocycles. The van der Waals surface area contributed by atoms with Crippen molar-refractivity contribution in [2.24, 2.45) is 0 Å². The van der Waals surface area contributed by atoms with Gasteiger partial charge >= 0.3 is 0 Å². The predicted octanol–water partition coefficient (Wildman–Crippen LogP) is 17.7. The molecule has 3 atom stereocenters. The van der Waals surface area contributed by atoms with Crippen molar-refractivity contribution in [3.8, 4) is 0 Å². The lowest BCUT2D eigenvalue weighted by Gasteiger charge is -2.30. The smallest absolute Gasteiger partial charge is 0.268 e. The number of allylic oxidation sites excluding steroid dienone is 4. The molecule has 0 aromatic rings. The summed E-state index contributed by atoms with van der Waals surface area (Å²) in [6.07, 6.45) is 65.2. The van der Waals surface area contributed by atoms with Gasteiger partial charge in [-0.15, -0.1) is 0 Å². The van der Waals surface area contributed by atoms with Crippen molar-refractivity contribution in [3.63, 3.8) is 0 Å². The standard InChI is InChI=1S/C60H119N2O6P/c1-6-8-10-12-14-16-18-20-21-22-23-24-25-26-27-28-29-30-31-32-33-34-35-36-37-38-39-40-41-42-44-46-48-50-52-54-60(64)61-58(57-68-69(65,66)67-56-55-62(3,4)5)59(63)53-51-49-47-45-43-19-17-15-13-11-9-7-2/h18,20,22-23,58-59,63H,6-17,19,21,24-57H2,1-5H3,(H-,61,64,65,66)/b20-18-,23-22-. The lowest BCUT2D eigenvalue weighted by molar-refractivity contribution is -0.870. The number of amides is 1. The first-order chi connectivity index (χ1) is 33.5. The van der Waals surface area contributed by atoms with Crippen LogP contribution in [0.25, 0.3) is 0 Å². The van der Waals surface area contributed by atoms with Gasteiger partial charge in [0.1, 0.15) is 13.2 Å². The minimum atomic E-state index is -4.56. The summed E-state index contributed by atoms with van der Waals surface area (Å²) in [5.74, 6) is -0.160. The Kier molecular flexibility index (Phi) is 51.1. The Labute approximate surface area is 430 Å². The van der Waals surface area contributed by atoms with Crippen molar-refractivity contribution in [3.05, 3.63) is 24.3 Å². The van der Waals surface area contributed by atoms with Crippen LogP contribution in [0, 0.1) is 0 Å². The zero-order valence-electron chi connectivity index (χ0n) is 46.8. The van der Waals surface area contributed by atoms with Gasteiger partial charge in [-0.3, -0.25) is 9.36 Å². The van der Waals surface area contributed by atoms with Crippen LogP contribution in [0.4, 0.5) is 0 Å². The number of hydrogen-bond acceptors (Lipinski definition) is 6. The van der Waals surface area contributed by atoms with Crippen LogP contribution in [0.15, 0.2) is 24.3 Å². The summed E-state index contributed by atoms with van der Waals surface area (Å²) >= 11 is 0. The van der Waals surface area contributed by atoms with Gasteiger partial charge in [-0.05, 0) is 44.9 Å². The number of unbranched alkanes of at least 4 members (excludes halogenated alkanes) is 39. The number of rotatable bonds is 56. The van der Waals surface area contributed by atoms with Crippen LogP contribution in [0.2, 0.25) is 0 Å². The lowest BCUT2D eigenvalue weighted by atomic mass is 10.0. The molecule has 0 rings (SSSR count). The molecule has 0 aliphatic rings. The molecule has 410 valence electrons. The van der Waals surface area contributed by atoms with E-state index in [2.05, 4.69) is 43.5 Å². The van der Waals surface area contributed by atoms with Gasteiger partial charge in [0.25, 0.3) is 7.82 Å². The van der Waals surface area contributed by atoms with Crippen molar-refractivity contribution >= 4 is 13.7 Å². The van der Waals surface area contributed by atoms with Crippen LogP contribution in [0.3, 0.4) is 0 Å². The van der Waals surface area contributed by atoms with Crippen molar-refractivity contribution < 1.29 is 32.9 Å². The van der Waals surface area contributed by atoms with Gasteiger partial charge < -0.3 is 28.8 Å². The van der Waals surface area contributed by atoms with E-state index < -0.39 is 20.0 Å². The highest BCUT2D eigenvalue weighted by Crippen LogP contribution is 2.38. The second-order valence-corrected chi connectivity index (χ2v) is 23.5. The topological polar surface area (TPSA) is 108 Å². The third-order valence-electron chi connectivity index (χ3n) is 13.9. The van der Waals surface area contributed by atoms with Crippen LogP contribution < -0.4 is 10.2 Å². The average Bonchev–Trinajstić information content (AvgIpc) is 3.31. The Balaban J connectivity index is 3.89. The van der Waals surface area contributed by atoms with Gasteiger partial charge in [0.15, 0.2) is 0 Å². The number of carbonyl (C=O) groups excluding carboxylic acids is 1. The van der Waals surface area contributed by atoms with E-state index in [-0.39, 0.29) is 19.1 Å². The zero-order chi connectivity index (χ0) is 50.6. The van der Waals surface area contributed by atoms with E-state index in [0.29, 0.717) is 23.9 Å². The number of aliphatic hydroxyl groups excluding tert-OH is 1. The summed E-state index contributed by atoms with van der Waals surface area (Å²) in [6, 6.07) is -0.796. The van der Waals surface area contributed by atoms with Crippen molar-refractivity contribution in [1.29, 1.82) is 0 Å². The van der Waals surface area contributed by atoms with Gasteiger partial charge in [-0.25, -0.2) is 0 Å². The van der Waals surface area contributed by atoms with Crippen LogP contribution in [0.5, 0.6) is 0 Å². The molecule has 0 saturated carbocycles. The molecule has 0 fully saturated rings. The van der Waals surface area contributed by atoms with E-state index in [1.807, 2.05) is 21.1 Å². The fourth-order valence-electron chi connectivity index (χ4n) is 9.19. The van der Waals surface area contributed by atoms with Crippen LogP contribution >= 0.6 is 7.82 Å². The maximum atomic E-state index is 13.0. The Morgan fingerprint density at radius 2 is 0.841 bits per heavy atom. The summed E-state index contributed by atoms with van der Waals surface area (Å²) in [5, 5.41) is 14.0. The van der Waals surface area contributed by atoms with Crippen molar-refractivity contribution in [1.82, 2.24) is 5.32 Å². The molecular weight excluding hydrogens is 876 g/mol. The highest BCUT2D eigenvalue weighted by Gasteiger charge is 2.24. The van der Waals surface area contributed by atoms with E-state index in [9.17, 15) is 19.4 Å². The molecule has 0 radical (unpaired) electrons. The van der Waals surface area contributed by atoms with Gasteiger partial charge in [0.2, 0.25) is 5.91 Å². The van der Waals surface area contributed by atoms with Gasteiger partial charge in [0.05, 0.1) is 39.9 Å². The third-order valence-corrected chi connectivity index (χ3v) is 14.9. The number of quaternary nitrogens is 1. The minimum absolute atomic E-state index is 0.0148. The summed E-state index contributed by atoms with van der Waals surface area (Å²) in [6.45, 7) is 4.73. The summed E-state index contributed by atoms with van der Waals surface area (Å²) < 4.78 is 23.4. The largest absolute Gasteiger partial charge is 0.756 e. The fraction of sp³-hybridized carbons (Fsp3) is 0.917. The molecule has 3 unspecified atom stereocenters. The van der Waals surface area contributed by atoms with Crippen molar-refractivity contribution in [2.75, 3.05) is 40.9 Å². The molecule has 9 heteroatoms. The summed E-state index contributed by atoms with van der Waals surface area (Å²) in [5.41, 5.74) is 0. The highest BCUT2D eigenvalue weighted by atomic mass is 31.2. The number of likely N-dealkylation sites (N-methyl/N-ethyl adjacent to an activating group) is 1. The predicted molar refractivity (Wildman–Crippen MR) is 298 cm³/mol. The lowest BCUT2D eigenvalue weighted by Crippen LogP contribution is -2.46. The molecule has 0 aromatic heterocycles. The molecule has 8 nitrogen and oxygen atoms in total. The van der Waals surface area contributed by atoms with Gasteiger partial charge in [0, 0.05) is 6.42 Å². The first-order valence-corrected chi connectivity index (χ1v) is 31.6. The van der Waals surface area contributed by atoms with E-state index in [1.54, 1.807) is 0 Å². The third kappa shape index (κ3) is 54.6. The Hall–Kier alpha value is -1.02. The molecule has 0 bridgehead atoms. The van der Waals surface area contributed by atoms with Crippen LogP contribution in [-0.4, -0.2) is 68.5 Å². The monoisotopic (exact) mass is 995 g/mol. The van der Waals surface area contributed by atoms with E-state index in [1.165, 1.54) is 231 Å². The molecule has 0 aliphatic carbocycles. The van der Waals surface area contributed by atoms with Gasteiger partial charge in [-0.2, -0.15) is 0 Å². The molecule has 0 saturated heterocycles. The molecule has 69 heavy (non-hydrogen) atoms. The quantitative estimate of drug-likeness (QED) is 0.0272. The number of nitrogens with zero attached hydrogens (tertiary/aromatic N) is 1. The molecular formula is C60H119N2O6P. The number of aliphatic hydroxyl groups is 1. The zero-order valence-corrected chi connectivity index (χ0v) is 47.7. The molecule has 0 aromatic carbocycles. The van der Waals surface area contributed by atoms with Crippen LogP contribution in [-0.2, 0) is 18.4 Å². The average molecular weight is 996 g/mol. The second kappa shape index (κ2) is 51.9. The number of carbonyl (C=O) groups is 1. The number of phosphoric acid groups is 1. The molecule has 2 N–H and O–H groups in total. The first-order valence-electron chi connectivity index (χ1n) is 30.2. The molecule has 0 aliphatic heterocycles. The summed E-state index contributed by atoms with van der Waals surface area (Å²) in [7, 11) is 1.32. The fourth-order valence-corrected chi connectivity index (χ4v) is 9.91. The van der Waals surface area contributed by atoms with E-state index in [0.717, 1.165) is 44.9 Å². The molecule has 1 amide bonds. The SMILES string of the molecule is CCCCCCC/C=C\C/C=C\CCCCCCCCCCCCCCCCCCCCCCCCCC(=O)NC(COP(=O)([O-])OCC[N+](C)(C)C)C(O)CCCCCCCCCCCCCC. The van der Waals surface area contributed by atoms with Crippen LogP contribution in [0.1, 0.15) is 303 Å². The highest BCUT2D eigenvalue weighted by molar-refractivity contribution is 7.45. The normalized spacial score (nSPS) is 14.0. The number of phosphoric ester groups is 1. The first kappa shape index (κ1) is 68.0. The molecule has 0 spiro atoms. The van der Waals surface area contributed by atoms with E-state index >= 15 is 0 Å². The van der Waals surface area contributed by atoms with E-state index in [4.69, 9.17) is 9.05 Å². The number of hydrogen-bond donors (Lipinski definition) is 2. The Morgan fingerprint density at radius 3 is 1.20 bits per heavy atom. The Morgan fingerprint density at radius 1 is 0.507 bits per heavy atom. The Bertz CT molecular complexity index is 1170. The summed E-state index contributed by atoms with van der Waals surface area (Å²) in [4.78, 5) is 25.5. The van der Waals surface area contributed by atoms with Gasteiger partial charge in [-0.1, -0.05) is 276 Å².